The summed E-state index contributed by atoms with van der Waals surface area (Å²) in [5.74, 6) is -0.128. The molecule has 0 aliphatic rings. The second-order valence-electron chi connectivity index (χ2n) is 6.28. The molecule has 2 amide bonds. The summed E-state index contributed by atoms with van der Waals surface area (Å²) in [6.07, 6.45) is 0.353. The zero-order valence-corrected chi connectivity index (χ0v) is 17.7. The lowest BCUT2D eigenvalue weighted by atomic mass is 10.0. The van der Waals surface area contributed by atoms with Crippen LogP contribution in [-0.2, 0) is 11.2 Å². The topological polar surface area (TPSA) is 67.4 Å². The predicted octanol–water partition coefficient (Wildman–Crippen LogP) is 3.98. The zero-order chi connectivity index (χ0) is 20.0. The van der Waals surface area contributed by atoms with Crippen molar-refractivity contribution in [3.8, 4) is 5.75 Å². The Balaban J connectivity index is 2.14. The molecule has 0 bridgehead atoms. The van der Waals surface area contributed by atoms with Gasteiger partial charge in [-0.3, -0.25) is 9.59 Å². The van der Waals surface area contributed by atoms with Crippen LogP contribution in [-0.4, -0.2) is 31.0 Å². The zero-order valence-electron chi connectivity index (χ0n) is 15.4. The predicted molar refractivity (Wildman–Crippen MR) is 110 cm³/mol. The average Bonchev–Trinajstić information content (AvgIpc) is 2.63. The van der Waals surface area contributed by atoms with Crippen LogP contribution in [0.1, 0.15) is 29.8 Å². The number of hydrogen-bond donors (Lipinski definition) is 2. The van der Waals surface area contributed by atoms with Crippen molar-refractivity contribution < 1.29 is 14.3 Å². The molecule has 0 aliphatic carbocycles. The fraction of sp³-hybridized carbons (Fsp3) is 0.300. The van der Waals surface area contributed by atoms with Gasteiger partial charge >= 0.3 is 0 Å². The molecule has 1 unspecified atom stereocenters. The number of halogens is 2. The molecule has 0 aliphatic heterocycles. The van der Waals surface area contributed by atoms with E-state index < -0.39 is 6.04 Å². The molecule has 0 fully saturated rings. The van der Waals surface area contributed by atoms with E-state index in [-0.39, 0.29) is 17.9 Å². The molecule has 0 saturated carbocycles. The Morgan fingerprint density at radius 3 is 2.37 bits per heavy atom. The van der Waals surface area contributed by atoms with Crippen molar-refractivity contribution >= 4 is 39.3 Å². The quantitative estimate of drug-likeness (QED) is 0.666. The van der Waals surface area contributed by atoms with Gasteiger partial charge in [0.15, 0.2) is 0 Å². The minimum Gasteiger partial charge on any atom is -0.489 e. The highest BCUT2D eigenvalue weighted by atomic mass is 79.9. The van der Waals surface area contributed by atoms with E-state index in [4.69, 9.17) is 16.3 Å². The highest BCUT2D eigenvalue weighted by Crippen LogP contribution is 2.26. The van der Waals surface area contributed by atoms with Crippen molar-refractivity contribution in [1.29, 1.82) is 0 Å². The van der Waals surface area contributed by atoms with Gasteiger partial charge in [0.25, 0.3) is 5.91 Å². The Morgan fingerprint density at radius 1 is 1.15 bits per heavy atom. The van der Waals surface area contributed by atoms with Gasteiger partial charge in [-0.15, -0.1) is 0 Å². The van der Waals surface area contributed by atoms with Gasteiger partial charge in [-0.2, -0.15) is 0 Å². The molecule has 1 atom stereocenters. The molecule has 0 heterocycles. The van der Waals surface area contributed by atoms with Gasteiger partial charge in [0, 0.05) is 23.5 Å². The number of amides is 2. The number of carbonyl (C=O) groups excluding carboxylic acids is 2. The van der Waals surface area contributed by atoms with Gasteiger partial charge in [0.2, 0.25) is 5.91 Å². The highest BCUT2D eigenvalue weighted by molar-refractivity contribution is 9.10. The monoisotopic (exact) mass is 452 g/mol. The molecule has 0 spiro atoms. The summed E-state index contributed by atoms with van der Waals surface area (Å²) in [4.78, 5) is 24.8. The molecule has 27 heavy (non-hydrogen) atoms. The van der Waals surface area contributed by atoms with Gasteiger partial charge in [0.1, 0.15) is 11.8 Å². The number of hydrogen-bond acceptors (Lipinski definition) is 3. The van der Waals surface area contributed by atoms with Gasteiger partial charge in [-0.25, -0.2) is 0 Å². The van der Waals surface area contributed by atoms with Crippen LogP contribution in [0, 0.1) is 0 Å². The van der Waals surface area contributed by atoms with E-state index in [0.717, 1.165) is 10.0 Å². The van der Waals surface area contributed by atoms with Crippen LogP contribution in [0.4, 0.5) is 0 Å². The van der Waals surface area contributed by atoms with E-state index in [1.165, 1.54) is 13.1 Å². The first-order valence-electron chi connectivity index (χ1n) is 8.53. The number of carbonyl (C=O) groups is 2. The fourth-order valence-corrected chi connectivity index (χ4v) is 2.96. The first-order chi connectivity index (χ1) is 12.8. The summed E-state index contributed by atoms with van der Waals surface area (Å²) < 4.78 is 6.52. The maximum atomic E-state index is 12.6. The van der Waals surface area contributed by atoms with E-state index in [1.54, 1.807) is 12.1 Å². The van der Waals surface area contributed by atoms with Crippen molar-refractivity contribution in [1.82, 2.24) is 10.6 Å². The maximum absolute atomic E-state index is 12.6. The third kappa shape index (κ3) is 6.26. The number of likely N-dealkylation sites (N-methyl/N-ethyl adjacent to an activating group) is 1. The summed E-state index contributed by atoms with van der Waals surface area (Å²) in [5.41, 5.74) is 1.30. The molecule has 2 N–H and O–H groups in total. The molecule has 5 nitrogen and oxygen atoms in total. The average molecular weight is 454 g/mol. The number of benzene rings is 2. The first-order valence-corrected chi connectivity index (χ1v) is 9.70. The van der Waals surface area contributed by atoms with Crippen molar-refractivity contribution in [3.05, 3.63) is 63.1 Å². The third-order valence-electron chi connectivity index (χ3n) is 3.78. The Hall–Kier alpha value is -2.05. The lowest BCUT2D eigenvalue weighted by molar-refractivity contribution is -0.122. The van der Waals surface area contributed by atoms with Crippen LogP contribution in [0.25, 0.3) is 0 Å². The second kappa shape index (κ2) is 9.76. The maximum Gasteiger partial charge on any atom is 0.251 e. The summed E-state index contributed by atoms with van der Waals surface area (Å²) in [6, 6.07) is 11.7. The molecule has 0 saturated heterocycles. The number of nitrogens with one attached hydrogen (secondary N) is 2. The minimum absolute atomic E-state index is 0.0225. The molecule has 144 valence electrons. The molecule has 0 aromatic heterocycles. The Bertz CT molecular complexity index is 809. The fourth-order valence-electron chi connectivity index (χ4n) is 2.47. The summed E-state index contributed by atoms with van der Waals surface area (Å²) >= 11 is 9.58. The van der Waals surface area contributed by atoms with Gasteiger partial charge in [0.05, 0.1) is 11.1 Å². The summed E-state index contributed by atoms with van der Waals surface area (Å²) in [6.45, 7) is 3.79. The number of rotatable bonds is 7. The van der Waals surface area contributed by atoms with Crippen molar-refractivity contribution in [3.63, 3.8) is 0 Å². The highest BCUT2D eigenvalue weighted by Gasteiger charge is 2.21. The second-order valence-corrected chi connectivity index (χ2v) is 7.61. The standard InChI is InChI=1S/C20H22BrClN2O3/c1-12(2)27-18-9-6-14(11-16(18)22)19(25)24-17(20(26)23-3)10-13-4-7-15(21)8-5-13/h4-9,11-12,17H,10H2,1-3H3,(H,23,26)(H,24,25). The molecule has 2 aromatic carbocycles. The van der Waals surface area contributed by atoms with E-state index in [0.29, 0.717) is 22.8 Å². The summed E-state index contributed by atoms with van der Waals surface area (Å²) in [7, 11) is 1.54. The normalized spacial score (nSPS) is 11.8. The van der Waals surface area contributed by atoms with E-state index in [1.807, 2.05) is 38.1 Å². The Labute approximate surface area is 172 Å². The van der Waals surface area contributed by atoms with Crippen molar-refractivity contribution in [2.45, 2.75) is 32.4 Å². The van der Waals surface area contributed by atoms with Gasteiger partial charge < -0.3 is 15.4 Å². The first kappa shape index (κ1) is 21.3. The van der Waals surface area contributed by atoms with Crippen LogP contribution in [0.3, 0.4) is 0 Å². The molecule has 2 aromatic rings. The van der Waals surface area contributed by atoms with Gasteiger partial charge in [-0.1, -0.05) is 39.7 Å². The lowest BCUT2D eigenvalue weighted by Gasteiger charge is -2.18. The van der Waals surface area contributed by atoms with E-state index in [2.05, 4.69) is 26.6 Å². The lowest BCUT2D eigenvalue weighted by Crippen LogP contribution is -2.47. The third-order valence-corrected chi connectivity index (χ3v) is 4.60. The van der Waals surface area contributed by atoms with Crippen molar-refractivity contribution in [2.75, 3.05) is 7.05 Å². The molecule has 7 heteroatoms. The number of ether oxygens (including phenoxy) is 1. The molecule has 0 radical (unpaired) electrons. The smallest absolute Gasteiger partial charge is 0.251 e. The minimum atomic E-state index is -0.700. The van der Waals surface area contributed by atoms with Crippen molar-refractivity contribution in [2.24, 2.45) is 0 Å². The Kier molecular flexibility index (Phi) is 7.68. The van der Waals surface area contributed by atoms with E-state index in [9.17, 15) is 9.59 Å². The van der Waals surface area contributed by atoms with Crippen LogP contribution in [0.2, 0.25) is 5.02 Å². The van der Waals surface area contributed by atoms with Crippen LogP contribution >= 0.6 is 27.5 Å². The van der Waals surface area contributed by atoms with Crippen LogP contribution in [0.15, 0.2) is 46.9 Å². The Morgan fingerprint density at radius 2 is 1.81 bits per heavy atom. The van der Waals surface area contributed by atoms with E-state index >= 15 is 0 Å². The van der Waals surface area contributed by atoms with Crippen LogP contribution in [0.5, 0.6) is 5.75 Å². The molecular formula is C20H22BrClN2O3. The van der Waals surface area contributed by atoms with Gasteiger partial charge in [-0.05, 0) is 49.7 Å². The molecule has 2 rings (SSSR count). The van der Waals surface area contributed by atoms with Crippen LogP contribution < -0.4 is 15.4 Å². The SMILES string of the molecule is CNC(=O)C(Cc1ccc(Br)cc1)NC(=O)c1ccc(OC(C)C)c(Cl)c1. The molecular weight excluding hydrogens is 432 g/mol. The summed E-state index contributed by atoms with van der Waals surface area (Å²) in [5, 5.41) is 5.71. The largest absolute Gasteiger partial charge is 0.489 e.